The van der Waals surface area contributed by atoms with Gasteiger partial charge in [-0.05, 0) is 6.42 Å². The monoisotopic (exact) mass is 398 g/mol. The predicted molar refractivity (Wildman–Crippen MR) is 104 cm³/mol. The molecule has 0 saturated carbocycles. The van der Waals surface area contributed by atoms with Crippen LogP contribution >= 0.6 is 0 Å². The molecular weight excluding hydrogens is 364 g/mol. The van der Waals surface area contributed by atoms with Crippen molar-refractivity contribution >= 4 is 17.7 Å². The smallest absolute Gasteiger partial charge is 0.314 e. The normalized spacial score (nSPS) is 21.8. The van der Waals surface area contributed by atoms with Crippen molar-refractivity contribution in [2.75, 3.05) is 45.8 Å². The molecule has 2 heterocycles. The van der Waals surface area contributed by atoms with Gasteiger partial charge in [0.1, 0.15) is 6.04 Å². The lowest BCUT2D eigenvalue weighted by Gasteiger charge is -2.38. The number of rotatable bonds is 9. The Hall–Kier alpha value is -1.75. The average Bonchev–Trinajstić information content (AvgIpc) is 2.73. The number of unbranched alkanes of at least 4 members (excludes halogenated alkanes) is 2. The standard InChI is InChI=1S/C18H34N6O4/c1-2-3-4-5-14(12-16(25)22-28)17(26)15-13-20-8-11-24(15)18(27)21-23-9-6-19-7-10-23/h14-15,19-20,28H,2-13H2,1H3,(H,21,27)(H,22,25)/t14-,15+/m1/s1. The van der Waals surface area contributed by atoms with Crippen LogP contribution < -0.4 is 21.5 Å². The molecular formula is C18H34N6O4. The summed E-state index contributed by atoms with van der Waals surface area (Å²) < 4.78 is 0. The second kappa shape index (κ2) is 11.9. The van der Waals surface area contributed by atoms with E-state index in [1.54, 1.807) is 10.4 Å². The molecule has 0 bridgehead atoms. The van der Waals surface area contributed by atoms with Gasteiger partial charge in [-0.25, -0.2) is 15.3 Å². The zero-order valence-corrected chi connectivity index (χ0v) is 16.7. The molecule has 0 aliphatic carbocycles. The first-order valence-electron chi connectivity index (χ1n) is 10.3. The number of hydrogen-bond donors (Lipinski definition) is 5. The lowest BCUT2D eigenvalue weighted by molar-refractivity contribution is -0.136. The van der Waals surface area contributed by atoms with Crippen LogP contribution in [0.4, 0.5) is 4.79 Å². The number of hydrogen-bond acceptors (Lipinski definition) is 7. The van der Waals surface area contributed by atoms with Gasteiger partial charge in [-0.1, -0.05) is 26.2 Å². The Labute approximate surface area is 166 Å². The SMILES string of the molecule is CCCCC[C@H](CC(=O)NO)C(=O)[C@@H]1CNCCN1C(=O)NN1CCNCC1. The van der Waals surface area contributed by atoms with E-state index < -0.39 is 17.9 Å². The van der Waals surface area contributed by atoms with Gasteiger partial charge in [0.15, 0.2) is 5.78 Å². The van der Waals surface area contributed by atoms with Gasteiger partial charge in [-0.3, -0.25) is 20.2 Å². The molecule has 10 nitrogen and oxygen atoms in total. The van der Waals surface area contributed by atoms with Crippen LogP contribution in [-0.4, -0.2) is 84.7 Å². The molecule has 0 spiro atoms. The van der Waals surface area contributed by atoms with Crippen LogP contribution in [0.15, 0.2) is 0 Å². The van der Waals surface area contributed by atoms with Crippen LogP contribution in [0, 0.1) is 5.92 Å². The van der Waals surface area contributed by atoms with Gasteiger partial charge >= 0.3 is 6.03 Å². The highest BCUT2D eigenvalue weighted by atomic mass is 16.5. The summed E-state index contributed by atoms with van der Waals surface area (Å²) in [5.74, 6) is -1.21. The molecule has 2 aliphatic heterocycles. The van der Waals surface area contributed by atoms with E-state index in [2.05, 4.69) is 23.0 Å². The van der Waals surface area contributed by atoms with E-state index in [9.17, 15) is 14.4 Å². The first kappa shape index (κ1) is 22.5. The fourth-order valence-corrected chi connectivity index (χ4v) is 3.70. The summed E-state index contributed by atoms with van der Waals surface area (Å²) in [5.41, 5.74) is 4.52. The van der Waals surface area contributed by atoms with Gasteiger partial charge < -0.3 is 15.5 Å². The number of hydrazine groups is 1. The molecule has 28 heavy (non-hydrogen) atoms. The molecule has 10 heteroatoms. The van der Waals surface area contributed by atoms with Gasteiger partial charge in [-0.15, -0.1) is 0 Å². The van der Waals surface area contributed by atoms with E-state index in [4.69, 9.17) is 5.21 Å². The van der Waals surface area contributed by atoms with Gasteiger partial charge in [0.05, 0.1) is 0 Å². The van der Waals surface area contributed by atoms with Crippen molar-refractivity contribution in [3.63, 3.8) is 0 Å². The molecule has 2 fully saturated rings. The molecule has 0 unspecified atom stereocenters. The van der Waals surface area contributed by atoms with E-state index in [1.165, 1.54) is 0 Å². The minimum Gasteiger partial charge on any atom is -0.314 e. The fourth-order valence-electron chi connectivity index (χ4n) is 3.70. The largest absolute Gasteiger partial charge is 0.332 e. The lowest BCUT2D eigenvalue weighted by atomic mass is 9.88. The first-order chi connectivity index (χ1) is 13.6. The predicted octanol–water partition coefficient (Wildman–Crippen LogP) is -0.549. The zero-order chi connectivity index (χ0) is 20.4. The van der Waals surface area contributed by atoms with Crippen LogP contribution in [0.3, 0.4) is 0 Å². The van der Waals surface area contributed by atoms with E-state index in [-0.39, 0.29) is 18.2 Å². The summed E-state index contributed by atoms with van der Waals surface area (Å²) in [4.78, 5) is 39.3. The van der Waals surface area contributed by atoms with Crippen molar-refractivity contribution in [1.29, 1.82) is 0 Å². The highest BCUT2D eigenvalue weighted by Gasteiger charge is 2.36. The van der Waals surface area contributed by atoms with Crippen LogP contribution in [0.5, 0.6) is 0 Å². The Balaban J connectivity index is 2.03. The Morgan fingerprint density at radius 3 is 2.50 bits per heavy atom. The molecule has 2 aliphatic rings. The van der Waals surface area contributed by atoms with Crippen molar-refractivity contribution < 1.29 is 19.6 Å². The number of Topliss-reactive ketones (excluding diaryl/α,β-unsaturated/α-hetero) is 1. The highest BCUT2D eigenvalue weighted by molar-refractivity contribution is 5.93. The summed E-state index contributed by atoms with van der Waals surface area (Å²) in [5, 5.41) is 17.1. The molecule has 0 aromatic rings. The zero-order valence-electron chi connectivity index (χ0n) is 16.7. The Morgan fingerprint density at radius 2 is 1.82 bits per heavy atom. The minimum atomic E-state index is -0.616. The fraction of sp³-hybridized carbons (Fsp3) is 0.833. The third-order valence-corrected chi connectivity index (χ3v) is 5.32. The Morgan fingerprint density at radius 1 is 1.11 bits per heavy atom. The average molecular weight is 399 g/mol. The maximum Gasteiger partial charge on any atom is 0.332 e. The van der Waals surface area contributed by atoms with Crippen molar-refractivity contribution in [2.45, 2.75) is 45.1 Å². The third-order valence-electron chi connectivity index (χ3n) is 5.32. The van der Waals surface area contributed by atoms with Crippen LogP contribution in [0.25, 0.3) is 0 Å². The molecule has 0 aromatic heterocycles. The summed E-state index contributed by atoms with van der Waals surface area (Å²) in [6.07, 6.45) is 3.32. The van der Waals surface area contributed by atoms with E-state index in [0.717, 1.165) is 32.4 Å². The molecule has 0 aromatic carbocycles. The summed E-state index contributed by atoms with van der Waals surface area (Å²) >= 11 is 0. The number of carbonyl (C=O) groups is 3. The summed E-state index contributed by atoms with van der Waals surface area (Å²) in [6, 6.07) is -0.893. The van der Waals surface area contributed by atoms with E-state index in [1.807, 2.05) is 5.01 Å². The number of carbonyl (C=O) groups excluding carboxylic acids is 3. The minimum absolute atomic E-state index is 0.0667. The molecule has 160 valence electrons. The van der Waals surface area contributed by atoms with E-state index >= 15 is 0 Å². The van der Waals surface area contributed by atoms with Gasteiger partial charge in [0.25, 0.3) is 0 Å². The summed E-state index contributed by atoms with van der Waals surface area (Å²) in [6.45, 7) is 6.54. The second-order valence-corrected chi connectivity index (χ2v) is 7.40. The third kappa shape index (κ3) is 6.69. The maximum atomic E-state index is 13.2. The molecule has 3 amide bonds. The number of urea groups is 1. The van der Waals surface area contributed by atoms with Crippen molar-refractivity contribution in [2.24, 2.45) is 5.92 Å². The maximum absolute atomic E-state index is 13.2. The van der Waals surface area contributed by atoms with Crippen molar-refractivity contribution in [3.8, 4) is 0 Å². The lowest BCUT2D eigenvalue weighted by Crippen LogP contribution is -2.63. The van der Waals surface area contributed by atoms with Crippen molar-refractivity contribution in [1.82, 2.24) is 31.4 Å². The second-order valence-electron chi connectivity index (χ2n) is 7.40. The van der Waals surface area contributed by atoms with E-state index in [0.29, 0.717) is 39.1 Å². The number of piperazine rings is 2. The number of nitrogens with zero attached hydrogens (tertiary/aromatic N) is 2. The molecule has 0 radical (unpaired) electrons. The van der Waals surface area contributed by atoms with Crippen molar-refractivity contribution in [3.05, 3.63) is 0 Å². The number of nitrogens with one attached hydrogen (secondary N) is 4. The first-order valence-corrected chi connectivity index (χ1v) is 10.3. The van der Waals surface area contributed by atoms with Gasteiger partial charge in [-0.2, -0.15) is 0 Å². The van der Waals surface area contributed by atoms with Gasteiger partial charge in [0, 0.05) is 58.2 Å². The number of ketones is 1. The molecule has 5 N–H and O–H groups in total. The number of amides is 3. The van der Waals surface area contributed by atoms with Crippen LogP contribution in [0.2, 0.25) is 0 Å². The van der Waals surface area contributed by atoms with Gasteiger partial charge in [0.2, 0.25) is 5.91 Å². The van der Waals surface area contributed by atoms with Crippen LogP contribution in [-0.2, 0) is 9.59 Å². The highest BCUT2D eigenvalue weighted by Crippen LogP contribution is 2.20. The Bertz CT molecular complexity index is 526. The quantitative estimate of drug-likeness (QED) is 0.200. The topological polar surface area (TPSA) is 126 Å². The number of hydroxylamine groups is 1. The molecule has 2 rings (SSSR count). The molecule has 2 saturated heterocycles. The molecule has 2 atom stereocenters. The Kier molecular flexibility index (Phi) is 9.62. The van der Waals surface area contributed by atoms with Crippen LogP contribution in [0.1, 0.15) is 39.0 Å². The summed E-state index contributed by atoms with van der Waals surface area (Å²) in [7, 11) is 0.